The van der Waals surface area contributed by atoms with Crippen LogP contribution in [0.15, 0.2) is 30.3 Å². The number of benzene rings is 1. The minimum Gasteiger partial charge on any atom is -0.369 e. The largest absolute Gasteiger partial charge is 0.369 e. The highest BCUT2D eigenvalue weighted by Crippen LogP contribution is 2.22. The van der Waals surface area contributed by atoms with Crippen molar-refractivity contribution in [3.05, 3.63) is 51.8 Å². The van der Waals surface area contributed by atoms with Gasteiger partial charge in [-0.15, -0.1) is 0 Å². The summed E-state index contributed by atoms with van der Waals surface area (Å²) < 4.78 is 1.48. The second-order valence-electron chi connectivity index (χ2n) is 6.56. The van der Waals surface area contributed by atoms with Crippen LogP contribution >= 0.6 is 0 Å². The fourth-order valence-corrected chi connectivity index (χ4v) is 3.31. The Morgan fingerprint density at radius 1 is 1.23 bits per heavy atom. The quantitative estimate of drug-likeness (QED) is 0.602. The molecule has 1 aliphatic heterocycles. The van der Waals surface area contributed by atoms with Crippen LogP contribution in [0.25, 0.3) is 0 Å². The maximum Gasteiger partial charge on any atom is 0.271 e. The molecule has 1 saturated heterocycles. The molecular formula is C18H23N5O3. The number of aromatic nitrogens is 2. The SMILES string of the molecule is CC(=O)n1nc(C)cc1CCN1CCN(c2cccc([N+](=O)[O-])c2)CC1. The number of nitro benzene ring substituents is 1. The van der Waals surface area contributed by atoms with Gasteiger partial charge in [0, 0.05) is 69.6 Å². The summed E-state index contributed by atoms with van der Waals surface area (Å²) in [5.74, 6) is -0.0661. The summed E-state index contributed by atoms with van der Waals surface area (Å²) in [5.41, 5.74) is 2.81. The van der Waals surface area contributed by atoms with Gasteiger partial charge in [0.25, 0.3) is 5.69 Å². The van der Waals surface area contributed by atoms with Gasteiger partial charge in [0.05, 0.1) is 10.6 Å². The normalized spacial score (nSPS) is 15.2. The first-order valence-corrected chi connectivity index (χ1v) is 8.72. The van der Waals surface area contributed by atoms with Crippen LogP contribution in [0.4, 0.5) is 11.4 Å². The first kappa shape index (κ1) is 18.1. The summed E-state index contributed by atoms with van der Waals surface area (Å²) in [7, 11) is 0. The molecule has 0 amide bonds. The zero-order valence-corrected chi connectivity index (χ0v) is 15.1. The Morgan fingerprint density at radius 3 is 2.62 bits per heavy atom. The molecule has 1 aromatic carbocycles. The van der Waals surface area contributed by atoms with Crippen LogP contribution in [0.2, 0.25) is 0 Å². The van der Waals surface area contributed by atoms with Crippen molar-refractivity contribution >= 4 is 17.3 Å². The minimum absolute atomic E-state index is 0.0661. The van der Waals surface area contributed by atoms with Crippen molar-refractivity contribution in [2.24, 2.45) is 0 Å². The number of anilines is 1. The van der Waals surface area contributed by atoms with Crippen molar-refractivity contribution in [1.82, 2.24) is 14.7 Å². The van der Waals surface area contributed by atoms with Gasteiger partial charge < -0.3 is 4.90 Å². The van der Waals surface area contributed by atoms with Crippen LogP contribution in [0.5, 0.6) is 0 Å². The predicted molar refractivity (Wildman–Crippen MR) is 98.7 cm³/mol. The minimum atomic E-state index is -0.361. The third-order valence-corrected chi connectivity index (χ3v) is 4.67. The molecule has 2 aromatic rings. The van der Waals surface area contributed by atoms with E-state index in [1.807, 2.05) is 19.1 Å². The Hall–Kier alpha value is -2.74. The zero-order valence-electron chi connectivity index (χ0n) is 15.1. The van der Waals surface area contributed by atoms with E-state index in [2.05, 4.69) is 14.9 Å². The van der Waals surface area contributed by atoms with E-state index in [0.29, 0.717) is 0 Å². The van der Waals surface area contributed by atoms with E-state index >= 15 is 0 Å². The zero-order chi connectivity index (χ0) is 18.7. The summed E-state index contributed by atoms with van der Waals surface area (Å²) in [6.45, 7) is 7.69. The van der Waals surface area contributed by atoms with Crippen molar-refractivity contribution in [3.8, 4) is 0 Å². The molecule has 2 heterocycles. The van der Waals surface area contributed by atoms with Gasteiger partial charge in [-0.2, -0.15) is 5.10 Å². The highest BCUT2D eigenvalue weighted by Gasteiger charge is 2.19. The Labute approximate surface area is 152 Å². The summed E-state index contributed by atoms with van der Waals surface area (Å²) in [5, 5.41) is 15.2. The molecule has 138 valence electrons. The van der Waals surface area contributed by atoms with Crippen LogP contribution in [0.3, 0.4) is 0 Å². The highest BCUT2D eigenvalue weighted by atomic mass is 16.6. The second kappa shape index (κ2) is 7.65. The summed E-state index contributed by atoms with van der Waals surface area (Å²) >= 11 is 0. The molecular weight excluding hydrogens is 334 g/mol. The third-order valence-electron chi connectivity index (χ3n) is 4.67. The average molecular weight is 357 g/mol. The molecule has 0 aliphatic carbocycles. The van der Waals surface area contributed by atoms with E-state index in [9.17, 15) is 14.9 Å². The molecule has 3 rings (SSSR count). The smallest absolute Gasteiger partial charge is 0.271 e. The van der Waals surface area contributed by atoms with Gasteiger partial charge in [0.2, 0.25) is 5.91 Å². The number of non-ortho nitro benzene ring substituents is 1. The molecule has 1 aromatic heterocycles. The molecule has 0 saturated carbocycles. The first-order valence-electron chi connectivity index (χ1n) is 8.72. The number of carbonyl (C=O) groups is 1. The van der Waals surface area contributed by atoms with Gasteiger partial charge in [-0.25, -0.2) is 4.68 Å². The Kier molecular flexibility index (Phi) is 5.32. The van der Waals surface area contributed by atoms with Crippen LogP contribution in [-0.2, 0) is 6.42 Å². The molecule has 8 heteroatoms. The number of rotatable bonds is 5. The number of nitro groups is 1. The Morgan fingerprint density at radius 2 is 1.96 bits per heavy atom. The summed E-state index contributed by atoms with van der Waals surface area (Å²) in [4.78, 5) is 26.7. The Balaban J connectivity index is 1.55. The predicted octanol–water partition coefficient (Wildman–Crippen LogP) is 2.12. The summed E-state index contributed by atoms with van der Waals surface area (Å²) in [6, 6.07) is 8.74. The number of aryl methyl sites for hydroxylation is 1. The van der Waals surface area contributed by atoms with E-state index < -0.39 is 0 Å². The lowest BCUT2D eigenvalue weighted by atomic mass is 10.2. The van der Waals surface area contributed by atoms with E-state index in [1.165, 1.54) is 17.7 Å². The van der Waals surface area contributed by atoms with E-state index in [4.69, 9.17) is 0 Å². The molecule has 0 atom stereocenters. The Bertz CT molecular complexity index is 809. The fraction of sp³-hybridized carbons (Fsp3) is 0.444. The standard InChI is InChI=1S/C18H23N5O3/c1-14-12-17(22(19-14)15(2)24)6-7-20-8-10-21(11-9-20)16-4-3-5-18(13-16)23(25)26/h3-5,12-13H,6-11H2,1-2H3. The molecule has 26 heavy (non-hydrogen) atoms. The molecule has 1 aliphatic rings. The number of carbonyl (C=O) groups excluding carboxylic acids is 1. The van der Waals surface area contributed by atoms with Gasteiger partial charge in [-0.05, 0) is 19.1 Å². The van der Waals surface area contributed by atoms with E-state index in [-0.39, 0.29) is 16.5 Å². The van der Waals surface area contributed by atoms with Crippen molar-refractivity contribution in [3.63, 3.8) is 0 Å². The molecule has 0 spiro atoms. The number of nitrogens with zero attached hydrogens (tertiary/aromatic N) is 5. The van der Waals surface area contributed by atoms with Gasteiger partial charge in [0.1, 0.15) is 0 Å². The number of hydrogen-bond acceptors (Lipinski definition) is 6. The maximum absolute atomic E-state index is 11.6. The van der Waals surface area contributed by atoms with Crippen molar-refractivity contribution in [2.45, 2.75) is 20.3 Å². The van der Waals surface area contributed by atoms with E-state index in [0.717, 1.165) is 56.2 Å². The molecule has 8 nitrogen and oxygen atoms in total. The van der Waals surface area contributed by atoms with Crippen molar-refractivity contribution in [2.75, 3.05) is 37.6 Å². The van der Waals surface area contributed by atoms with Crippen LogP contribution < -0.4 is 4.90 Å². The lowest BCUT2D eigenvalue weighted by Gasteiger charge is -2.36. The molecule has 0 unspecified atom stereocenters. The number of piperazine rings is 1. The van der Waals surface area contributed by atoms with Crippen LogP contribution in [-0.4, -0.2) is 58.2 Å². The van der Waals surface area contributed by atoms with E-state index in [1.54, 1.807) is 12.1 Å². The highest BCUT2D eigenvalue weighted by molar-refractivity contribution is 5.75. The molecule has 0 radical (unpaired) electrons. The van der Waals surface area contributed by atoms with Gasteiger partial charge in [0.15, 0.2) is 0 Å². The monoisotopic (exact) mass is 357 g/mol. The van der Waals surface area contributed by atoms with Crippen molar-refractivity contribution in [1.29, 1.82) is 0 Å². The van der Waals surface area contributed by atoms with Gasteiger partial charge in [-0.3, -0.25) is 19.8 Å². The van der Waals surface area contributed by atoms with Crippen LogP contribution in [0, 0.1) is 17.0 Å². The summed E-state index contributed by atoms with van der Waals surface area (Å²) in [6.07, 6.45) is 0.775. The first-order chi connectivity index (χ1) is 12.4. The van der Waals surface area contributed by atoms with Crippen molar-refractivity contribution < 1.29 is 9.72 Å². The molecule has 1 fully saturated rings. The van der Waals surface area contributed by atoms with Gasteiger partial charge >= 0.3 is 0 Å². The fourth-order valence-electron chi connectivity index (χ4n) is 3.31. The number of hydrogen-bond donors (Lipinski definition) is 0. The van der Waals surface area contributed by atoms with Gasteiger partial charge in [-0.1, -0.05) is 6.07 Å². The van der Waals surface area contributed by atoms with Crippen LogP contribution in [0.1, 0.15) is 23.1 Å². The molecule has 0 bridgehead atoms. The lowest BCUT2D eigenvalue weighted by Crippen LogP contribution is -2.47. The average Bonchev–Trinajstić information content (AvgIpc) is 3.01. The molecule has 0 N–H and O–H groups in total. The third kappa shape index (κ3) is 4.08. The lowest BCUT2D eigenvalue weighted by molar-refractivity contribution is -0.384. The topological polar surface area (TPSA) is 84.5 Å². The maximum atomic E-state index is 11.6. The second-order valence-corrected chi connectivity index (χ2v) is 6.56.